The molecule has 0 saturated heterocycles. The molecule has 0 bridgehead atoms. The minimum Gasteiger partial charge on any atom is -0.485 e. The van der Waals surface area contributed by atoms with E-state index >= 15 is 0 Å². The lowest BCUT2D eigenvalue weighted by molar-refractivity contribution is -0.113. The highest BCUT2D eigenvalue weighted by atomic mass is 35.5. The van der Waals surface area contributed by atoms with Gasteiger partial charge in [0.1, 0.15) is 12.4 Å². The topological polar surface area (TPSA) is 69.0 Å². The highest BCUT2D eigenvalue weighted by Gasteiger charge is 2.15. The van der Waals surface area contributed by atoms with Gasteiger partial charge >= 0.3 is 0 Å². The van der Waals surface area contributed by atoms with E-state index in [9.17, 15) is 4.79 Å². The Morgan fingerprint density at radius 1 is 1.16 bits per heavy atom. The second-order valence-electron chi connectivity index (χ2n) is 6.49. The Labute approximate surface area is 199 Å². The van der Waals surface area contributed by atoms with Crippen LogP contribution in [-0.4, -0.2) is 26.4 Å². The van der Waals surface area contributed by atoms with E-state index in [1.807, 2.05) is 23.6 Å². The number of carbonyl (C=O) groups is 1. The second kappa shape index (κ2) is 10.9. The molecule has 6 nitrogen and oxygen atoms in total. The summed E-state index contributed by atoms with van der Waals surface area (Å²) in [5, 5.41) is 13.3. The average molecular weight is 498 g/mol. The maximum Gasteiger partial charge on any atom is 0.234 e. The number of benzene rings is 2. The number of amides is 1. The van der Waals surface area contributed by atoms with Crippen molar-refractivity contribution in [2.75, 3.05) is 11.1 Å². The molecular formula is C21H19Cl3N4O2S. The fourth-order valence-corrected chi connectivity index (χ4v) is 4.23. The Bertz CT molecular complexity index is 1080. The van der Waals surface area contributed by atoms with Crippen molar-refractivity contribution in [2.45, 2.75) is 25.2 Å². The van der Waals surface area contributed by atoms with Crippen LogP contribution in [0.4, 0.5) is 5.69 Å². The molecule has 1 aromatic heterocycles. The van der Waals surface area contributed by atoms with Crippen LogP contribution >= 0.6 is 46.6 Å². The van der Waals surface area contributed by atoms with Crippen molar-refractivity contribution in [3.05, 3.63) is 75.5 Å². The molecule has 2 aromatic carbocycles. The largest absolute Gasteiger partial charge is 0.485 e. The first kappa shape index (κ1) is 23.5. The van der Waals surface area contributed by atoms with Crippen molar-refractivity contribution in [3.63, 3.8) is 0 Å². The molecule has 0 saturated carbocycles. The monoisotopic (exact) mass is 496 g/mol. The summed E-state index contributed by atoms with van der Waals surface area (Å²) in [6, 6.07) is 10.3. The molecule has 0 aliphatic carbocycles. The number of nitrogens with zero attached hydrogens (tertiary/aromatic N) is 3. The number of aryl methyl sites for hydroxylation is 1. The van der Waals surface area contributed by atoms with Crippen LogP contribution in [-0.2, 0) is 17.9 Å². The lowest BCUT2D eigenvalue weighted by Crippen LogP contribution is -2.15. The molecular weight excluding hydrogens is 479 g/mol. The van der Waals surface area contributed by atoms with E-state index in [0.29, 0.717) is 44.0 Å². The lowest BCUT2D eigenvalue weighted by Gasteiger charge is -2.11. The van der Waals surface area contributed by atoms with Gasteiger partial charge < -0.3 is 10.1 Å². The van der Waals surface area contributed by atoms with Crippen molar-refractivity contribution >= 4 is 58.2 Å². The van der Waals surface area contributed by atoms with Gasteiger partial charge in [-0.3, -0.25) is 9.36 Å². The predicted octanol–water partition coefficient (Wildman–Crippen LogP) is 6.04. The highest BCUT2D eigenvalue weighted by molar-refractivity contribution is 7.99. The molecule has 10 heteroatoms. The van der Waals surface area contributed by atoms with Gasteiger partial charge in [-0.25, -0.2) is 0 Å². The zero-order chi connectivity index (χ0) is 22.4. The Hall–Kier alpha value is -2.19. The van der Waals surface area contributed by atoms with Crippen LogP contribution < -0.4 is 10.1 Å². The zero-order valence-electron chi connectivity index (χ0n) is 16.6. The van der Waals surface area contributed by atoms with E-state index in [0.717, 1.165) is 5.56 Å². The first-order chi connectivity index (χ1) is 14.9. The van der Waals surface area contributed by atoms with Gasteiger partial charge in [-0.1, -0.05) is 52.6 Å². The van der Waals surface area contributed by atoms with Gasteiger partial charge in [-0.15, -0.1) is 16.8 Å². The van der Waals surface area contributed by atoms with Crippen LogP contribution in [0, 0.1) is 6.92 Å². The fourth-order valence-electron chi connectivity index (χ4n) is 2.72. The van der Waals surface area contributed by atoms with Crippen LogP contribution in [0.15, 0.2) is 54.2 Å². The van der Waals surface area contributed by atoms with Gasteiger partial charge in [0, 0.05) is 27.3 Å². The van der Waals surface area contributed by atoms with E-state index in [1.165, 1.54) is 11.8 Å². The molecule has 3 rings (SSSR count). The van der Waals surface area contributed by atoms with Gasteiger partial charge in [0.05, 0.1) is 5.75 Å². The van der Waals surface area contributed by atoms with E-state index < -0.39 is 0 Å². The van der Waals surface area contributed by atoms with Crippen molar-refractivity contribution in [1.29, 1.82) is 0 Å². The molecule has 1 N–H and O–H groups in total. The molecule has 0 atom stereocenters. The number of halogens is 3. The maximum absolute atomic E-state index is 12.3. The van der Waals surface area contributed by atoms with Gasteiger partial charge in [0.25, 0.3) is 0 Å². The highest BCUT2D eigenvalue weighted by Crippen LogP contribution is 2.25. The number of aromatic nitrogens is 3. The maximum atomic E-state index is 12.3. The smallest absolute Gasteiger partial charge is 0.234 e. The molecule has 0 aliphatic heterocycles. The first-order valence-electron chi connectivity index (χ1n) is 9.16. The summed E-state index contributed by atoms with van der Waals surface area (Å²) in [6.07, 6.45) is 1.73. The number of ether oxygens (including phenoxy) is 1. The number of rotatable bonds is 9. The fraction of sp³-hybridized carbons (Fsp3) is 0.190. The van der Waals surface area contributed by atoms with E-state index in [4.69, 9.17) is 39.5 Å². The van der Waals surface area contributed by atoms with Crippen molar-refractivity contribution < 1.29 is 9.53 Å². The summed E-state index contributed by atoms with van der Waals surface area (Å²) >= 11 is 19.2. The Morgan fingerprint density at radius 2 is 1.90 bits per heavy atom. The van der Waals surface area contributed by atoms with E-state index in [1.54, 1.807) is 30.3 Å². The average Bonchev–Trinajstić information content (AvgIpc) is 3.07. The first-order valence-corrected chi connectivity index (χ1v) is 11.3. The third-order valence-electron chi connectivity index (χ3n) is 4.08. The van der Waals surface area contributed by atoms with Crippen molar-refractivity contribution in [2.24, 2.45) is 0 Å². The third kappa shape index (κ3) is 6.64. The number of carbonyl (C=O) groups excluding carboxylic acids is 1. The standard InChI is InChI=1S/C21H19Cl3N4O2S/c1-3-6-28-19(11-30-18-5-4-14(22)7-13(18)2)26-27-21(28)31-12-20(29)25-17-9-15(23)8-16(24)10-17/h3-5,7-10H,1,6,11-12H2,2H3,(H,25,29). The van der Waals surface area contributed by atoms with Gasteiger partial charge in [-0.2, -0.15) is 0 Å². The summed E-state index contributed by atoms with van der Waals surface area (Å²) < 4.78 is 7.73. The van der Waals surface area contributed by atoms with Crippen molar-refractivity contribution in [3.8, 4) is 5.75 Å². The number of anilines is 1. The molecule has 1 heterocycles. The molecule has 31 heavy (non-hydrogen) atoms. The summed E-state index contributed by atoms with van der Waals surface area (Å²) in [5.41, 5.74) is 1.46. The Kier molecular flexibility index (Phi) is 8.26. The third-order valence-corrected chi connectivity index (χ3v) is 5.72. The molecule has 1 amide bonds. The van der Waals surface area contributed by atoms with Crippen molar-refractivity contribution in [1.82, 2.24) is 14.8 Å². The number of hydrogen-bond donors (Lipinski definition) is 1. The molecule has 0 fully saturated rings. The van der Waals surface area contributed by atoms with E-state index in [-0.39, 0.29) is 18.3 Å². The number of thioether (sulfide) groups is 1. The normalized spacial score (nSPS) is 10.7. The van der Waals surface area contributed by atoms with E-state index in [2.05, 4.69) is 22.1 Å². The molecule has 162 valence electrons. The molecule has 0 unspecified atom stereocenters. The second-order valence-corrected chi connectivity index (χ2v) is 8.74. The summed E-state index contributed by atoms with van der Waals surface area (Å²) in [5.74, 6) is 1.26. The Morgan fingerprint density at radius 3 is 2.58 bits per heavy atom. The number of allylic oxidation sites excluding steroid dienone is 1. The molecule has 0 radical (unpaired) electrons. The van der Waals surface area contributed by atoms with Crippen LogP contribution in [0.5, 0.6) is 5.75 Å². The van der Waals surface area contributed by atoms with Crippen LogP contribution in [0.25, 0.3) is 0 Å². The molecule has 3 aromatic rings. The zero-order valence-corrected chi connectivity index (χ0v) is 19.7. The SMILES string of the molecule is C=CCn1c(COc2ccc(Cl)cc2C)nnc1SCC(=O)Nc1cc(Cl)cc(Cl)c1. The summed E-state index contributed by atoms with van der Waals surface area (Å²) in [6.45, 7) is 6.41. The molecule has 0 aliphatic rings. The quantitative estimate of drug-likeness (QED) is 0.288. The van der Waals surface area contributed by atoms with Crippen LogP contribution in [0.3, 0.4) is 0 Å². The molecule has 0 spiro atoms. The lowest BCUT2D eigenvalue weighted by atomic mass is 10.2. The van der Waals surface area contributed by atoms with Crippen LogP contribution in [0.2, 0.25) is 15.1 Å². The van der Waals surface area contributed by atoms with Gasteiger partial charge in [0.15, 0.2) is 11.0 Å². The minimum absolute atomic E-state index is 0.135. The number of nitrogens with one attached hydrogen (secondary N) is 1. The Balaban J connectivity index is 1.64. The summed E-state index contributed by atoms with van der Waals surface area (Å²) in [7, 11) is 0. The van der Waals surface area contributed by atoms with Gasteiger partial charge in [-0.05, 0) is 48.9 Å². The number of hydrogen-bond acceptors (Lipinski definition) is 5. The van der Waals surface area contributed by atoms with Gasteiger partial charge in [0.2, 0.25) is 5.91 Å². The summed E-state index contributed by atoms with van der Waals surface area (Å²) in [4.78, 5) is 12.3. The van der Waals surface area contributed by atoms with Crippen LogP contribution in [0.1, 0.15) is 11.4 Å². The minimum atomic E-state index is -0.217. The predicted molar refractivity (Wildman–Crippen MR) is 127 cm³/mol.